The third-order valence-electron chi connectivity index (χ3n) is 8.00. The maximum absolute atomic E-state index is 14.0. The number of carbonyl (C=O) groups excluding carboxylic acids is 1. The topological polar surface area (TPSA) is 84.3 Å². The van der Waals surface area contributed by atoms with Crippen LogP contribution in [0.3, 0.4) is 0 Å². The SMILES string of the molecule is Cn1ccnc1CN(C(=O)C1C[C@@H]1c1ccc(Cl)cc1)c1ccc2c(c1)[C@H](NS(=O)(=O)c1ccccc1)CCC2. The van der Waals surface area contributed by atoms with Crippen LogP contribution in [0, 0.1) is 5.92 Å². The Morgan fingerprint density at radius 1 is 1.10 bits per heavy atom. The molecule has 6 rings (SSSR count). The molecule has 7 nitrogen and oxygen atoms in total. The first-order chi connectivity index (χ1) is 19.3. The molecule has 40 heavy (non-hydrogen) atoms. The first kappa shape index (κ1) is 26.7. The number of anilines is 1. The third-order valence-corrected chi connectivity index (χ3v) is 9.74. The van der Waals surface area contributed by atoms with Crippen molar-refractivity contribution in [1.29, 1.82) is 0 Å². The van der Waals surface area contributed by atoms with Crippen LogP contribution in [0.25, 0.3) is 0 Å². The molecule has 0 spiro atoms. The van der Waals surface area contributed by atoms with Gasteiger partial charge in [0.1, 0.15) is 5.82 Å². The Bertz CT molecular complexity index is 1640. The lowest BCUT2D eigenvalue weighted by atomic mass is 9.87. The van der Waals surface area contributed by atoms with Gasteiger partial charge in [0, 0.05) is 42.1 Å². The van der Waals surface area contributed by atoms with E-state index >= 15 is 0 Å². The molecule has 0 saturated heterocycles. The molecule has 206 valence electrons. The second kappa shape index (κ2) is 10.8. The molecule has 3 aromatic carbocycles. The van der Waals surface area contributed by atoms with Crippen LogP contribution in [-0.2, 0) is 34.8 Å². The number of hydrogen-bond donors (Lipinski definition) is 1. The van der Waals surface area contributed by atoms with Crippen LogP contribution in [0.4, 0.5) is 5.69 Å². The summed E-state index contributed by atoms with van der Waals surface area (Å²) in [6.07, 6.45) is 6.82. The Labute approximate surface area is 239 Å². The Balaban J connectivity index is 1.31. The number of halogens is 1. The van der Waals surface area contributed by atoms with Crippen molar-refractivity contribution in [2.24, 2.45) is 13.0 Å². The number of hydrogen-bond acceptors (Lipinski definition) is 4. The van der Waals surface area contributed by atoms with Gasteiger partial charge in [-0.1, -0.05) is 48.0 Å². The summed E-state index contributed by atoms with van der Waals surface area (Å²) in [5.41, 5.74) is 3.89. The highest BCUT2D eigenvalue weighted by Gasteiger charge is 2.46. The maximum atomic E-state index is 14.0. The average Bonchev–Trinajstić information content (AvgIpc) is 3.66. The quantitative estimate of drug-likeness (QED) is 0.290. The van der Waals surface area contributed by atoms with Crippen molar-refractivity contribution in [2.75, 3.05) is 4.90 Å². The number of aryl methyl sites for hydroxylation is 2. The predicted molar refractivity (Wildman–Crippen MR) is 156 cm³/mol. The van der Waals surface area contributed by atoms with Crippen LogP contribution >= 0.6 is 11.6 Å². The predicted octanol–water partition coefficient (Wildman–Crippen LogP) is 5.77. The molecule has 1 saturated carbocycles. The molecule has 1 amide bonds. The van der Waals surface area contributed by atoms with E-state index in [0.29, 0.717) is 18.0 Å². The van der Waals surface area contributed by atoms with E-state index in [1.54, 1.807) is 41.4 Å². The Hall–Kier alpha value is -3.46. The summed E-state index contributed by atoms with van der Waals surface area (Å²) in [6.45, 7) is 0.325. The summed E-state index contributed by atoms with van der Waals surface area (Å²) < 4.78 is 31.2. The first-order valence-electron chi connectivity index (χ1n) is 13.5. The van der Waals surface area contributed by atoms with E-state index in [-0.39, 0.29) is 28.7 Å². The lowest BCUT2D eigenvalue weighted by Crippen LogP contribution is -2.34. The van der Waals surface area contributed by atoms with Crippen molar-refractivity contribution in [3.63, 3.8) is 0 Å². The van der Waals surface area contributed by atoms with Crippen LogP contribution in [0.2, 0.25) is 5.02 Å². The zero-order chi connectivity index (χ0) is 27.9. The number of carbonyl (C=O) groups is 1. The van der Waals surface area contributed by atoms with Crippen LogP contribution in [0.5, 0.6) is 0 Å². The number of amides is 1. The van der Waals surface area contributed by atoms with E-state index in [0.717, 1.165) is 47.5 Å². The molecular weight excluding hydrogens is 544 g/mol. The highest BCUT2D eigenvalue weighted by molar-refractivity contribution is 7.89. The lowest BCUT2D eigenvalue weighted by molar-refractivity contribution is -0.120. The van der Waals surface area contributed by atoms with Crippen molar-refractivity contribution in [3.05, 3.63) is 113 Å². The molecule has 3 atom stereocenters. The molecule has 0 bridgehead atoms. The van der Waals surface area contributed by atoms with Crippen molar-refractivity contribution in [2.45, 2.75) is 49.1 Å². The number of rotatable bonds is 8. The number of nitrogens with one attached hydrogen (secondary N) is 1. The monoisotopic (exact) mass is 574 g/mol. The van der Waals surface area contributed by atoms with Gasteiger partial charge in [0.05, 0.1) is 11.4 Å². The fourth-order valence-electron chi connectivity index (χ4n) is 5.66. The zero-order valence-corrected chi connectivity index (χ0v) is 23.8. The highest BCUT2D eigenvalue weighted by atomic mass is 35.5. The van der Waals surface area contributed by atoms with Gasteiger partial charge in [-0.05, 0) is 84.7 Å². The second-order valence-corrected chi connectivity index (χ2v) is 12.8. The number of benzene rings is 3. The summed E-state index contributed by atoms with van der Waals surface area (Å²) >= 11 is 6.08. The number of fused-ring (bicyclic) bond motifs is 1. The molecular formula is C31H31ClN4O3S. The first-order valence-corrected chi connectivity index (χ1v) is 15.4. The minimum absolute atomic E-state index is 0.0418. The molecule has 1 aromatic heterocycles. The smallest absolute Gasteiger partial charge is 0.241 e. The van der Waals surface area contributed by atoms with Crippen LogP contribution in [0.15, 0.2) is 90.1 Å². The Morgan fingerprint density at radius 3 is 2.60 bits per heavy atom. The minimum Gasteiger partial charge on any atom is -0.337 e. The third kappa shape index (κ3) is 5.44. The van der Waals surface area contributed by atoms with Gasteiger partial charge < -0.3 is 9.47 Å². The number of imidazole rings is 1. The van der Waals surface area contributed by atoms with Crippen molar-refractivity contribution in [3.8, 4) is 0 Å². The van der Waals surface area contributed by atoms with E-state index in [1.165, 1.54) is 0 Å². The normalized spacial score (nSPS) is 20.1. The van der Waals surface area contributed by atoms with E-state index in [4.69, 9.17) is 11.6 Å². The van der Waals surface area contributed by atoms with Crippen molar-refractivity contribution >= 4 is 33.2 Å². The number of sulfonamides is 1. The van der Waals surface area contributed by atoms with E-state index in [2.05, 4.69) is 9.71 Å². The Kier molecular flexibility index (Phi) is 7.25. The average molecular weight is 575 g/mol. The molecule has 2 aliphatic carbocycles. The van der Waals surface area contributed by atoms with Gasteiger partial charge in [-0.25, -0.2) is 18.1 Å². The van der Waals surface area contributed by atoms with Gasteiger partial charge in [0.25, 0.3) is 0 Å². The molecule has 1 N–H and O–H groups in total. The van der Waals surface area contributed by atoms with Gasteiger partial charge in [0.2, 0.25) is 15.9 Å². The fourth-order valence-corrected chi connectivity index (χ4v) is 7.06. The number of aromatic nitrogens is 2. The van der Waals surface area contributed by atoms with Gasteiger partial charge in [-0.15, -0.1) is 0 Å². The van der Waals surface area contributed by atoms with E-state index in [9.17, 15) is 13.2 Å². The molecule has 0 radical (unpaired) electrons. The molecule has 1 fully saturated rings. The Morgan fingerprint density at radius 2 is 1.88 bits per heavy atom. The highest BCUT2D eigenvalue weighted by Crippen LogP contribution is 2.49. The van der Waals surface area contributed by atoms with E-state index < -0.39 is 10.0 Å². The summed E-state index contributed by atoms with van der Waals surface area (Å²) in [5, 5.41) is 0.676. The number of nitrogens with zero attached hydrogens (tertiary/aromatic N) is 3. The van der Waals surface area contributed by atoms with Gasteiger partial charge in [0.15, 0.2) is 0 Å². The van der Waals surface area contributed by atoms with E-state index in [1.807, 2.05) is 60.3 Å². The van der Waals surface area contributed by atoms with Crippen LogP contribution in [0.1, 0.15) is 53.7 Å². The maximum Gasteiger partial charge on any atom is 0.241 e. The summed E-state index contributed by atoms with van der Waals surface area (Å²) in [6, 6.07) is 21.8. The standard InChI is InChI=1S/C31H31ClN4O3S/c1-35-17-16-33-30(35)20-36(31(37)28-19-26(28)22-10-13-23(32)14-11-22)24-15-12-21-6-5-9-29(27(21)18-24)34-40(38,39)25-7-3-2-4-8-25/h2-4,7-8,10-18,26,28-29,34H,5-6,9,19-20H2,1H3/t26-,28?,29-/m1/s1. The fraction of sp³-hybridized carbons (Fsp3) is 0.290. The molecule has 1 unspecified atom stereocenters. The molecule has 4 aromatic rings. The van der Waals surface area contributed by atoms with Gasteiger partial charge in [-0.3, -0.25) is 4.79 Å². The second-order valence-electron chi connectivity index (χ2n) is 10.6. The van der Waals surface area contributed by atoms with Crippen molar-refractivity contribution < 1.29 is 13.2 Å². The van der Waals surface area contributed by atoms with Crippen LogP contribution < -0.4 is 9.62 Å². The van der Waals surface area contributed by atoms with Crippen LogP contribution in [-0.4, -0.2) is 23.9 Å². The summed E-state index contributed by atoms with van der Waals surface area (Å²) in [5.74, 6) is 0.831. The molecule has 2 aliphatic rings. The molecule has 1 heterocycles. The largest absolute Gasteiger partial charge is 0.337 e. The summed E-state index contributed by atoms with van der Waals surface area (Å²) in [7, 11) is -1.78. The minimum atomic E-state index is -3.70. The van der Waals surface area contributed by atoms with Gasteiger partial charge >= 0.3 is 0 Å². The molecule has 0 aliphatic heterocycles. The van der Waals surface area contributed by atoms with Crippen molar-refractivity contribution in [1.82, 2.24) is 14.3 Å². The lowest BCUT2D eigenvalue weighted by Gasteiger charge is -2.29. The summed E-state index contributed by atoms with van der Waals surface area (Å²) in [4.78, 5) is 20.5. The zero-order valence-electron chi connectivity index (χ0n) is 22.2. The van der Waals surface area contributed by atoms with Gasteiger partial charge in [-0.2, -0.15) is 0 Å². The molecule has 9 heteroatoms.